The first-order valence-electron chi connectivity index (χ1n) is 6.96. The van der Waals surface area contributed by atoms with Gasteiger partial charge in [0.2, 0.25) is 5.89 Å². The van der Waals surface area contributed by atoms with Gasteiger partial charge in [-0.1, -0.05) is 38.8 Å². The highest BCUT2D eigenvalue weighted by Gasteiger charge is 2.29. The van der Waals surface area contributed by atoms with Crippen LogP contribution in [0.15, 0.2) is 4.52 Å². The van der Waals surface area contributed by atoms with Gasteiger partial charge in [0.05, 0.1) is 12.0 Å². The summed E-state index contributed by atoms with van der Waals surface area (Å²) >= 11 is 0. The van der Waals surface area contributed by atoms with Crippen LogP contribution in [0.2, 0.25) is 0 Å². The number of aliphatic hydroxyl groups excluding tert-OH is 1. The lowest BCUT2D eigenvalue weighted by molar-refractivity contribution is 0.0908. The number of aliphatic hydroxyl groups is 1. The summed E-state index contributed by atoms with van der Waals surface area (Å²) in [6.45, 7) is 6.62. The van der Waals surface area contributed by atoms with Gasteiger partial charge in [0.25, 0.3) is 0 Å². The molecule has 4 nitrogen and oxygen atoms in total. The SMILES string of the molecule is CC(C)(C)CCc1noc(C2CCCCC2O)n1. The van der Waals surface area contributed by atoms with Gasteiger partial charge in [0.1, 0.15) is 0 Å². The van der Waals surface area contributed by atoms with E-state index >= 15 is 0 Å². The van der Waals surface area contributed by atoms with Crippen molar-refractivity contribution in [1.82, 2.24) is 10.1 Å². The molecule has 2 atom stereocenters. The molecule has 1 aliphatic carbocycles. The van der Waals surface area contributed by atoms with Gasteiger partial charge in [0, 0.05) is 6.42 Å². The molecule has 1 aromatic rings. The summed E-state index contributed by atoms with van der Waals surface area (Å²) in [4.78, 5) is 4.45. The van der Waals surface area contributed by atoms with Crippen molar-refractivity contribution in [2.24, 2.45) is 5.41 Å². The maximum atomic E-state index is 9.96. The van der Waals surface area contributed by atoms with E-state index in [9.17, 15) is 5.11 Å². The lowest BCUT2D eigenvalue weighted by Crippen LogP contribution is -2.22. The van der Waals surface area contributed by atoms with Crippen molar-refractivity contribution in [1.29, 1.82) is 0 Å². The Bertz CT molecular complexity index is 381. The Morgan fingerprint density at radius 3 is 2.67 bits per heavy atom. The Morgan fingerprint density at radius 2 is 2.00 bits per heavy atom. The number of aryl methyl sites for hydroxylation is 1. The van der Waals surface area contributed by atoms with E-state index in [2.05, 4.69) is 30.9 Å². The standard InChI is InChI=1S/C14H24N2O2/c1-14(2,3)9-8-12-15-13(18-16-12)10-6-4-5-7-11(10)17/h10-11,17H,4-9H2,1-3H3. The number of hydrogen-bond donors (Lipinski definition) is 1. The van der Waals surface area contributed by atoms with Gasteiger partial charge in [-0.05, 0) is 24.7 Å². The lowest BCUT2D eigenvalue weighted by Gasteiger charge is -2.24. The summed E-state index contributed by atoms with van der Waals surface area (Å²) in [6.07, 6.45) is 5.63. The van der Waals surface area contributed by atoms with E-state index < -0.39 is 0 Å². The highest BCUT2D eigenvalue weighted by atomic mass is 16.5. The van der Waals surface area contributed by atoms with Crippen molar-refractivity contribution in [3.63, 3.8) is 0 Å². The first kappa shape index (κ1) is 13.5. The zero-order valence-electron chi connectivity index (χ0n) is 11.6. The zero-order chi connectivity index (χ0) is 13.2. The molecule has 0 radical (unpaired) electrons. The quantitative estimate of drug-likeness (QED) is 0.898. The van der Waals surface area contributed by atoms with Crippen LogP contribution in [0.1, 0.15) is 70.5 Å². The molecule has 0 amide bonds. The molecule has 2 unspecified atom stereocenters. The van der Waals surface area contributed by atoms with E-state index in [0.29, 0.717) is 5.89 Å². The van der Waals surface area contributed by atoms with Crippen LogP contribution in [0.5, 0.6) is 0 Å². The minimum Gasteiger partial charge on any atom is -0.392 e. The van der Waals surface area contributed by atoms with E-state index in [0.717, 1.165) is 44.3 Å². The highest BCUT2D eigenvalue weighted by Crippen LogP contribution is 2.32. The molecule has 0 spiro atoms. The first-order chi connectivity index (χ1) is 8.46. The van der Waals surface area contributed by atoms with Crippen LogP contribution in [0.3, 0.4) is 0 Å². The van der Waals surface area contributed by atoms with Gasteiger partial charge in [-0.2, -0.15) is 4.98 Å². The molecular formula is C14H24N2O2. The molecule has 1 aromatic heterocycles. The lowest BCUT2D eigenvalue weighted by atomic mass is 9.86. The van der Waals surface area contributed by atoms with Crippen LogP contribution in [0.25, 0.3) is 0 Å². The average molecular weight is 252 g/mol. The van der Waals surface area contributed by atoms with Gasteiger partial charge >= 0.3 is 0 Å². The third kappa shape index (κ3) is 3.55. The zero-order valence-corrected chi connectivity index (χ0v) is 11.6. The van der Waals surface area contributed by atoms with Crippen LogP contribution in [-0.4, -0.2) is 21.4 Å². The summed E-state index contributed by atoms with van der Waals surface area (Å²) in [7, 11) is 0. The molecule has 2 rings (SSSR count). The minimum atomic E-state index is -0.310. The van der Waals surface area contributed by atoms with E-state index in [1.165, 1.54) is 0 Å². The van der Waals surface area contributed by atoms with Crippen molar-refractivity contribution in [2.75, 3.05) is 0 Å². The van der Waals surface area contributed by atoms with Crippen molar-refractivity contribution in [3.8, 4) is 0 Å². The third-order valence-corrected chi connectivity index (χ3v) is 3.63. The van der Waals surface area contributed by atoms with Crippen LogP contribution < -0.4 is 0 Å². The van der Waals surface area contributed by atoms with Gasteiger partial charge in [0.15, 0.2) is 5.82 Å². The number of hydrogen-bond acceptors (Lipinski definition) is 4. The Hall–Kier alpha value is -0.900. The summed E-state index contributed by atoms with van der Waals surface area (Å²) in [5, 5.41) is 14.0. The van der Waals surface area contributed by atoms with Gasteiger partial charge in [-0.25, -0.2) is 0 Å². The summed E-state index contributed by atoms with van der Waals surface area (Å²) < 4.78 is 5.32. The van der Waals surface area contributed by atoms with Crippen molar-refractivity contribution in [3.05, 3.63) is 11.7 Å². The molecule has 0 aromatic carbocycles. The second-order valence-corrected chi connectivity index (χ2v) is 6.57. The third-order valence-electron chi connectivity index (χ3n) is 3.63. The van der Waals surface area contributed by atoms with E-state index in [4.69, 9.17) is 4.52 Å². The van der Waals surface area contributed by atoms with E-state index in [1.807, 2.05) is 0 Å². The molecule has 1 N–H and O–H groups in total. The van der Waals surface area contributed by atoms with Crippen LogP contribution in [-0.2, 0) is 6.42 Å². The fraction of sp³-hybridized carbons (Fsp3) is 0.857. The fourth-order valence-electron chi connectivity index (χ4n) is 2.41. The monoisotopic (exact) mass is 252 g/mol. The number of aromatic nitrogens is 2. The Morgan fingerprint density at radius 1 is 1.28 bits per heavy atom. The summed E-state index contributed by atoms with van der Waals surface area (Å²) in [5.74, 6) is 1.46. The van der Waals surface area contributed by atoms with Crippen LogP contribution in [0.4, 0.5) is 0 Å². The van der Waals surface area contributed by atoms with E-state index in [1.54, 1.807) is 0 Å². The van der Waals surface area contributed by atoms with Gasteiger partial charge in [-0.3, -0.25) is 0 Å². The van der Waals surface area contributed by atoms with Crippen molar-refractivity contribution in [2.45, 2.75) is 71.3 Å². The van der Waals surface area contributed by atoms with Crippen molar-refractivity contribution >= 4 is 0 Å². The van der Waals surface area contributed by atoms with Crippen LogP contribution >= 0.6 is 0 Å². The molecular weight excluding hydrogens is 228 g/mol. The molecule has 4 heteroatoms. The molecule has 1 fully saturated rings. The summed E-state index contributed by atoms with van der Waals surface area (Å²) in [5.41, 5.74) is 0.283. The normalized spacial score (nSPS) is 25.3. The molecule has 1 saturated carbocycles. The van der Waals surface area contributed by atoms with E-state index in [-0.39, 0.29) is 17.4 Å². The molecule has 1 heterocycles. The highest BCUT2D eigenvalue weighted by molar-refractivity contribution is 4.99. The predicted molar refractivity (Wildman–Crippen MR) is 69.3 cm³/mol. The maximum absolute atomic E-state index is 9.96. The topological polar surface area (TPSA) is 59.2 Å². The first-order valence-corrected chi connectivity index (χ1v) is 6.96. The largest absolute Gasteiger partial charge is 0.392 e. The molecule has 0 saturated heterocycles. The smallest absolute Gasteiger partial charge is 0.232 e. The Labute approximate surface area is 109 Å². The maximum Gasteiger partial charge on any atom is 0.232 e. The molecule has 1 aliphatic rings. The molecule has 102 valence electrons. The second kappa shape index (κ2) is 5.39. The number of nitrogens with zero attached hydrogens (tertiary/aromatic N) is 2. The number of rotatable bonds is 3. The van der Waals surface area contributed by atoms with Gasteiger partial charge in [-0.15, -0.1) is 0 Å². The van der Waals surface area contributed by atoms with Gasteiger partial charge < -0.3 is 9.63 Å². The Balaban J connectivity index is 1.97. The average Bonchev–Trinajstić information content (AvgIpc) is 2.75. The fourth-order valence-corrected chi connectivity index (χ4v) is 2.41. The molecule has 18 heavy (non-hydrogen) atoms. The summed E-state index contributed by atoms with van der Waals surface area (Å²) in [6, 6.07) is 0. The minimum absolute atomic E-state index is 0.0506. The molecule has 0 aliphatic heterocycles. The van der Waals surface area contributed by atoms with Crippen LogP contribution in [0, 0.1) is 5.41 Å². The second-order valence-electron chi connectivity index (χ2n) is 6.57. The Kier molecular flexibility index (Phi) is 4.05. The van der Waals surface area contributed by atoms with Crippen molar-refractivity contribution < 1.29 is 9.63 Å². The molecule has 0 bridgehead atoms. The predicted octanol–water partition coefficient (Wildman–Crippen LogP) is 3.07.